The minimum Gasteiger partial charge on any atom is -0.358 e. The molecule has 0 N–H and O–H groups in total. The Kier molecular flexibility index (Phi) is 10.0. The smallest absolute Gasteiger partial charge is 0.316 e. The van der Waals surface area contributed by atoms with Gasteiger partial charge in [-0.3, -0.25) is 0 Å². The first-order chi connectivity index (χ1) is 19.8. The quantitative estimate of drug-likeness (QED) is 0.130. The summed E-state index contributed by atoms with van der Waals surface area (Å²) in [5, 5.41) is 0. The first-order valence-corrected chi connectivity index (χ1v) is 15.0. The Balaban J connectivity index is 0.00000212. The van der Waals surface area contributed by atoms with Crippen LogP contribution in [0, 0.1) is 25.0 Å². The van der Waals surface area contributed by atoms with Crippen LogP contribution in [-0.4, -0.2) is 11.7 Å². The molecular weight excluding hydrogens is 708 g/mol. The Bertz CT molecular complexity index is 1500. The summed E-state index contributed by atoms with van der Waals surface area (Å²) in [7, 11) is 0. The first kappa shape index (κ1) is 32.7. The summed E-state index contributed by atoms with van der Waals surface area (Å²) >= 11 is 0. The van der Waals surface area contributed by atoms with E-state index in [4.69, 9.17) is 9.98 Å². The van der Waals surface area contributed by atoms with Crippen LogP contribution in [0.1, 0.15) is 112 Å². The second-order valence-electron chi connectivity index (χ2n) is 12.1. The average molecular weight is 751 g/mol. The molecule has 0 fully saturated rings. The zero-order chi connectivity index (χ0) is 28.7. The van der Waals surface area contributed by atoms with Gasteiger partial charge in [0.25, 0.3) is 0 Å². The number of hydrogen-bond donors (Lipinski definition) is 0. The van der Waals surface area contributed by atoms with Gasteiger partial charge in [-0.2, -0.15) is 69.8 Å². The van der Waals surface area contributed by atoms with E-state index in [9.17, 15) is 0 Å². The molecule has 0 amide bonds. The number of fused-ring (bicyclic) bond motifs is 2. The van der Waals surface area contributed by atoms with Crippen LogP contribution in [0.2, 0.25) is 0 Å². The van der Waals surface area contributed by atoms with Gasteiger partial charge in [0, 0.05) is 21.1 Å². The molecule has 5 heteroatoms. The van der Waals surface area contributed by atoms with Gasteiger partial charge in [0.1, 0.15) is 0 Å². The maximum absolute atomic E-state index is 5.44. The van der Waals surface area contributed by atoms with E-state index < -0.39 is 5.41 Å². The number of aliphatic imine (C=N–C) groups is 2. The summed E-state index contributed by atoms with van der Waals surface area (Å²) in [6, 6.07) is 32.4. The van der Waals surface area contributed by atoms with Gasteiger partial charge in [-0.05, 0) is 73.9 Å². The Morgan fingerprint density at radius 1 is 0.721 bits per heavy atom. The van der Waals surface area contributed by atoms with Crippen LogP contribution in [0.4, 0.5) is 0 Å². The van der Waals surface area contributed by atoms with E-state index in [1.165, 1.54) is 22.5 Å². The van der Waals surface area contributed by atoms with Gasteiger partial charge in [0.15, 0.2) is 16.8 Å². The summed E-state index contributed by atoms with van der Waals surface area (Å²) in [6.07, 6.45) is 6.64. The molecule has 2 aliphatic heterocycles. The predicted octanol–water partition coefficient (Wildman–Crippen LogP) is 7.76. The van der Waals surface area contributed by atoms with Crippen LogP contribution in [-0.2, 0) is 21.1 Å². The van der Waals surface area contributed by atoms with Crippen LogP contribution in [0.5, 0.6) is 0 Å². The molecule has 4 nitrogen and oxygen atoms in total. The largest absolute Gasteiger partial charge is 0.358 e. The molecule has 226 valence electrons. The summed E-state index contributed by atoms with van der Waals surface area (Å²) < 4.78 is 4.60. The fourth-order valence-electron chi connectivity index (χ4n) is 6.10. The molecule has 4 heterocycles. The maximum atomic E-state index is 5.44. The fraction of sp³-hybridized carbons (Fsp3) is 0.342. The molecule has 0 aliphatic carbocycles. The number of pyridine rings is 2. The normalized spacial score (nSPS) is 18.4. The summed E-state index contributed by atoms with van der Waals surface area (Å²) in [6.45, 7) is 13.6. The van der Waals surface area contributed by atoms with Gasteiger partial charge in [-0.15, -0.1) is 11.1 Å². The van der Waals surface area contributed by atoms with Crippen molar-refractivity contribution < 1.29 is 30.2 Å². The molecule has 6 rings (SSSR count). The number of hydrogen-bond acceptors (Lipinski definition) is 2. The molecule has 2 aromatic heterocycles. The number of benzene rings is 2. The average Bonchev–Trinajstić information content (AvgIpc) is 3.60. The first-order valence-electron chi connectivity index (χ1n) is 15.0. The standard InChI is InChI=1S/C37H40N4.CH3.Pt/c1-7-25(3)29-19-21-40-31(23-29)33(27-15-11-9-12-16-27)38-35(40)37(5,6)36-39-34(28-17-13-10-14-18-28)32-24-30(26(4)8-2)20-22-41(32)36;;/h9-15,17,19-26,33-34H,7-8H2,1-6H3;1H3;/q;-1;. The SMILES string of the molecule is CCC(C)c1cc[n+]2c(c1)C(c1[c-]cccc1)N=C2C(C)(C)C1=NC(c2[c-]cccc2)c2cc(C(C)CC)cc[n+]21.[CH3-].[Pt]. The molecule has 43 heavy (non-hydrogen) atoms. The van der Waals surface area contributed by atoms with Crippen LogP contribution in [0.25, 0.3) is 0 Å². The maximum Gasteiger partial charge on any atom is 0.316 e. The molecule has 4 atom stereocenters. The van der Waals surface area contributed by atoms with Crippen molar-refractivity contribution in [2.45, 2.75) is 78.3 Å². The van der Waals surface area contributed by atoms with E-state index in [1.807, 2.05) is 24.3 Å². The number of rotatable bonds is 8. The molecule has 0 saturated heterocycles. The van der Waals surface area contributed by atoms with Gasteiger partial charge >= 0.3 is 11.7 Å². The summed E-state index contributed by atoms with van der Waals surface area (Å²) in [4.78, 5) is 10.9. The molecule has 2 aliphatic rings. The molecule has 0 saturated carbocycles. The molecule has 4 aromatic rings. The third-order valence-corrected chi connectivity index (χ3v) is 9.07. The Hall–Kier alpha value is -3.23. The van der Waals surface area contributed by atoms with Gasteiger partial charge in [0.2, 0.25) is 12.1 Å². The van der Waals surface area contributed by atoms with Crippen molar-refractivity contribution in [3.8, 4) is 0 Å². The monoisotopic (exact) mass is 750 g/mol. The van der Waals surface area contributed by atoms with Gasteiger partial charge in [-0.1, -0.05) is 37.7 Å². The Morgan fingerprint density at radius 2 is 1.14 bits per heavy atom. The minimum absolute atomic E-state index is 0. The van der Waals surface area contributed by atoms with Crippen molar-refractivity contribution in [2.75, 3.05) is 0 Å². The molecule has 0 radical (unpaired) electrons. The van der Waals surface area contributed by atoms with Crippen molar-refractivity contribution in [3.63, 3.8) is 0 Å². The number of nitrogens with zero attached hydrogens (tertiary/aromatic N) is 4. The third-order valence-electron chi connectivity index (χ3n) is 9.07. The van der Waals surface area contributed by atoms with Gasteiger partial charge in [-0.25, -0.2) is 0 Å². The van der Waals surface area contributed by atoms with Crippen LogP contribution < -0.4 is 9.13 Å². The van der Waals surface area contributed by atoms with Crippen LogP contribution in [0.3, 0.4) is 0 Å². The third kappa shape index (κ3) is 5.84. The van der Waals surface area contributed by atoms with E-state index in [-0.39, 0.29) is 40.6 Å². The van der Waals surface area contributed by atoms with Crippen molar-refractivity contribution in [3.05, 3.63) is 138 Å². The van der Waals surface area contributed by atoms with Crippen molar-refractivity contribution in [1.29, 1.82) is 0 Å². The summed E-state index contributed by atoms with van der Waals surface area (Å²) in [5.74, 6) is 2.99. The topological polar surface area (TPSA) is 32.5 Å². The van der Waals surface area contributed by atoms with Crippen LogP contribution in [0.15, 0.2) is 95.2 Å². The molecule has 2 aromatic carbocycles. The fourth-order valence-corrected chi connectivity index (χ4v) is 6.10. The van der Waals surface area contributed by atoms with Gasteiger partial charge in [0.05, 0.1) is 12.4 Å². The summed E-state index contributed by atoms with van der Waals surface area (Å²) in [5.41, 5.74) is 6.79. The van der Waals surface area contributed by atoms with E-state index >= 15 is 0 Å². The van der Waals surface area contributed by atoms with Gasteiger partial charge < -0.3 is 7.43 Å². The van der Waals surface area contributed by atoms with E-state index in [0.717, 1.165) is 35.6 Å². The number of aromatic nitrogens is 2. The van der Waals surface area contributed by atoms with Crippen LogP contribution >= 0.6 is 0 Å². The second-order valence-corrected chi connectivity index (χ2v) is 12.1. The minimum atomic E-state index is -0.471. The molecular formula is C38H43N4Pt-. The van der Waals surface area contributed by atoms with Crippen molar-refractivity contribution in [2.24, 2.45) is 15.4 Å². The zero-order valence-corrected chi connectivity index (χ0v) is 28.7. The second kappa shape index (κ2) is 13.2. The van der Waals surface area contributed by atoms with Crippen molar-refractivity contribution in [1.82, 2.24) is 0 Å². The predicted molar refractivity (Wildman–Crippen MR) is 171 cm³/mol. The Labute approximate surface area is 272 Å². The van der Waals surface area contributed by atoms with E-state index in [0.29, 0.717) is 11.8 Å². The zero-order valence-electron chi connectivity index (χ0n) is 26.4. The van der Waals surface area contributed by atoms with Crippen molar-refractivity contribution >= 4 is 11.7 Å². The Morgan fingerprint density at radius 3 is 1.49 bits per heavy atom. The van der Waals surface area contributed by atoms with E-state index in [2.05, 4.69) is 124 Å². The molecule has 0 bridgehead atoms. The molecule has 4 unspecified atom stereocenters. The molecule has 0 spiro atoms. The van der Waals surface area contributed by atoms with E-state index in [1.54, 1.807) is 0 Å².